The molecular formula is C7H9AlCl2. The van der Waals surface area contributed by atoms with Crippen LogP contribution in [0.1, 0.15) is 5.56 Å². The monoisotopic (exact) mass is 190 g/mol. The summed E-state index contributed by atoms with van der Waals surface area (Å²) in [5.74, 6) is 0. The van der Waals surface area contributed by atoms with E-state index in [9.17, 15) is 0 Å². The zero-order valence-corrected chi connectivity index (χ0v) is 8.49. The quantitative estimate of drug-likeness (QED) is 0.546. The normalized spacial score (nSPS) is 7.30. The molecule has 0 N–H and O–H groups in total. The van der Waals surface area contributed by atoms with E-state index in [4.69, 9.17) is 0 Å². The number of rotatable bonds is 0. The first-order valence-corrected chi connectivity index (χ1v) is 3.19. The Morgan fingerprint density at radius 1 is 1.20 bits per heavy atom. The SMILES string of the molecule is Cc1ccc[c]([Al])c1.Cl.Cl. The second-order valence-electron chi connectivity index (χ2n) is 1.91. The van der Waals surface area contributed by atoms with Gasteiger partial charge in [-0.3, -0.25) is 0 Å². The topological polar surface area (TPSA) is 0 Å². The van der Waals surface area contributed by atoms with Gasteiger partial charge in [-0.15, -0.1) is 29.2 Å². The van der Waals surface area contributed by atoms with Gasteiger partial charge in [0.05, 0.1) is 0 Å². The van der Waals surface area contributed by atoms with E-state index in [-0.39, 0.29) is 24.8 Å². The van der Waals surface area contributed by atoms with Crippen LogP contribution in [0.2, 0.25) is 0 Å². The van der Waals surface area contributed by atoms with E-state index in [1.54, 1.807) is 0 Å². The van der Waals surface area contributed by atoms with Gasteiger partial charge in [-0.05, 0) is 6.92 Å². The summed E-state index contributed by atoms with van der Waals surface area (Å²) >= 11 is 2.66. The van der Waals surface area contributed by atoms with Gasteiger partial charge < -0.3 is 0 Å². The molecule has 0 aliphatic carbocycles. The maximum absolute atomic E-state index is 2.66. The van der Waals surface area contributed by atoms with Gasteiger partial charge in [-0.2, -0.15) is 0 Å². The van der Waals surface area contributed by atoms with Crippen LogP contribution in [0.4, 0.5) is 0 Å². The lowest BCUT2D eigenvalue weighted by Gasteiger charge is -1.92. The first-order chi connectivity index (χ1) is 3.79. The molecule has 2 radical (unpaired) electrons. The number of hydrogen-bond donors (Lipinski definition) is 0. The van der Waals surface area contributed by atoms with E-state index < -0.39 is 0 Å². The number of benzene rings is 1. The van der Waals surface area contributed by atoms with Crippen molar-refractivity contribution in [2.45, 2.75) is 6.92 Å². The summed E-state index contributed by atoms with van der Waals surface area (Å²) in [6, 6.07) is 8.34. The Hall–Kier alpha value is 0.332. The fraction of sp³-hybridized carbons (Fsp3) is 0.143. The highest BCUT2D eigenvalue weighted by Crippen LogP contribution is 1.89. The summed E-state index contributed by atoms with van der Waals surface area (Å²) in [5.41, 5.74) is 1.32. The van der Waals surface area contributed by atoms with Crippen molar-refractivity contribution >= 4 is 45.5 Å². The fourth-order valence-electron chi connectivity index (χ4n) is 0.670. The van der Waals surface area contributed by atoms with Crippen LogP contribution in [0, 0.1) is 6.92 Å². The minimum absolute atomic E-state index is 0. The summed E-state index contributed by atoms with van der Waals surface area (Å²) in [6.07, 6.45) is 0. The molecule has 0 saturated heterocycles. The van der Waals surface area contributed by atoms with Crippen LogP contribution in [0.25, 0.3) is 0 Å². The van der Waals surface area contributed by atoms with Crippen LogP contribution in [-0.4, -0.2) is 16.3 Å². The maximum atomic E-state index is 2.66. The Bertz CT molecular complexity index is 171. The molecule has 0 bridgehead atoms. The van der Waals surface area contributed by atoms with Crippen molar-refractivity contribution < 1.29 is 0 Å². The Kier molecular flexibility index (Phi) is 7.87. The summed E-state index contributed by atoms with van der Waals surface area (Å²) in [6.45, 7) is 2.09. The largest absolute Gasteiger partial charge is 0.175 e. The molecule has 3 heteroatoms. The molecule has 0 spiro atoms. The third-order valence-corrected chi connectivity index (χ3v) is 1.40. The van der Waals surface area contributed by atoms with Gasteiger partial charge in [-0.1, -0.05) is 29.8 Å². The van der Waals surface area contributed by atoms with Crippen molar-refractivity contribution in [3.05, 3.63) is 29.8 Å². The molecule has 0 fully saturated rings. The average Bonchev–Trinajstić information content (AvgIpc) is 1.64. The number of halogens is 2. The lowest BCUT2D eigenvalue weighted by molar-refractivity contribution is 1.50. The Balaban J connectivity index is 0. The van der Waals surface area contributed by atoms with Gasteiger partial charge in [0, 0.05) is 0 Å². The second kappa shape index (κ2) is 6.07. The smallest absolute Gasteiger partial charge is 0.147 e. The molecule has 0 aliphatic rings. The highest BCUT2D eigenvalue weighted by Gasteiger charge is 1.79. The lowest BCUT2D eigenvalue weighted by Crippen LogP contribution is -1.99. The predicted octanol–water partition coefficient (Wildman–Crippen LogP) is 1.63. The summed E-state index contributed by atoms with van der Waals surface area (Å²) in [5, 5.41) is 0. The Morgan fingerprint density at radius 2 is 1.80 bits per heavy atom. The minimum atomic E-state index is 0. The first-order valence-electron chi connectivity index (χ1n) is 2.61. The van der Waals surface area contributed by atoms with E-state index in [0.717, 1.165) is 0 Å². The average molecular weight is 191 g/mol. The summed E-state index contributed by atoms with van der Waals surface area (Å²) in [7, 11) is 0. The minimum Gasteiger partial charge on any atom is -0.147 e. The molecule has 0 heterocycles. The van der Waals surface area contributed by atoms with E-state index in [1.165, 1.54) is 9.99 Å². The molecule has 0 saturated carbocycles. The summed E-state index contributed by atoms with van der Waals surface area (Å²) in [4.78, 5) is 0. The Labute approximate surface area is 82.3 Å². The third kappa shape index (κ3) is 4.20. The molecule has 0 amide bonds. The van der Waals surface area contributed by atoms with E-state index in [1.807, 2.05) is 0 Å². The molecule has 1 aromatic carbocycles. The van der Waals surface area contributed by atoms with E-state index >= 15 is 0 Å². The zero-order chi connectivity index (χ0) is 5.98. The van der Waals surface area contributed by atoms with Gasteiger partial charge >= 0.3 is 0 Å². The Morgan fingerprint density at radius 3 is 2.10 bits per heavy atom. The first kappa shape index (κ1) is 13.0. The van der Waals surface area contributed by atoms with Gasteiger partial charge in [0.2, 0.25) is 0 Å². The zero-order valence-electron chi connectivity index (χ0n) is 5.70. The number of hydrogen-bond acceptors (Lipinski definition) is 0. The van der Waals surface area contributed by atoms with Crippen molar-refractivity contribution in [2.24, 2.45) is 0 Å². The standard InChI is InChI=1S/C7H7.Al.2ClH/c1-7-5-3-2-4-6-7;;;/h2-3,5-6H,1H3;;2*1H. The van der Waals surface area contributed by atoms with Gasteiger partial charge in [0.15, 0.2) is 16.3 Å². The molecule has 1 rings (SSSR count). The van der Waals surface area contributed by atoms with Crippen molar-refractivity contribution in [3.63, 3.8) is 0 Å². The molecule has 10 heavy (non-hydrogen) atoms. The van der Waals surface area contributed by atoms with E-state index in [2.05, 4.69) is 47.5 Å². The molecule has 0 unspecified atom stereocenters. The van der Waals surface area contributed by atoms with Crippen LogP contribution in [-0.2, 0) is 0 Å². The molecule has 0 atom stereocenters. The second-order valence-corrected chi connectivity index (χ2v) is 2.58. The molecule has 54 valence electrons. The number of aryl methyl sites for hydroxylation is 1. The maximum Gasteiger partial charge on any atom is 0.175 e. The van der Waals surface area contributed by atoms with Crippen LogP contribution in [0.15, 0.2) is 24.3 Å². The summed E-state index contributed by atoms with van der Waals surface area (Å²) < 4.78 is 1.25. The van der Waals surface area contributed by atoms with Crippen molar-refractivity contribution in [2.75, 3.05) is 0 Å². The van der Waals surface area contributed by atoms with Crippen LogP contribution in [0.5, 0.6) is 0 Å². The molecular weight excluding hydrogens is 182 g/mol. The van der Waals surface area contributed by atoms with Crippen molar-refractivity contribution in [1.82, 2.24) is 0 Å². The molecule has 0 aliphatic heterocycles. The lowest BCUT2D eigenvalue weighted by atomic mass is 10.2. The van der Waals surface area contributed by atoms with Gasteiger partial charge in [-0.25, -0.2) is 0 Å². The molecule has 0 nitrogen and oxygen atoms in total. The van der Waals surface area contributed by atoms with Crippen LogP contribution < -0.4 is 4.43 Å². The van der Waals surface area contributed by atoms with E-state index in [0.29, 0.717) is 0 Å². The van der Waals surface area contributed by atoms with Gasteiger partial charge in [0.25, 0.3) is 0 Å². The van der Waals surface area contributed by atoms with Crippen LogP contribution in [0.3, 0.4) is 0 Å². The third-order valence-electron chi connectivity index (χ3n) is 1.04. The van der Waals surface area contributed by atoms with Crippen LogP contribution >= 0.6 is 24.8 Å². The highest BCUT2D eigenvalue weighted by molar-refractivity contribution is 6.32. The van der Waals surface area contributed by atoms with Gasteiger partial charge in [0.1, 0.15) is 0 Å². The molecule has 0 aromatic heterocycles. The predicted molar refractivity (Wildman–Crippen MR) is 51.1 cm³/mol. The molecule has 1 aromatic rings. The highest BCUT2D eigenvalue weighted by atomic mass is 35.5. The fourth-order valence-corrected chi connectivity index (χ4v) is 1.04. The van der Waals surface area contributed by atoms with Crippen molar-refractivity contribution in [1.29, 1.82) is 0 Å². The van der Waals surface area contributed by atoms with Crippen molar-refractivity contribution in [3.8, 4) is 0 Å².